The molecule has 7 heteroatoms. The summed E-state index contributed by atoms with van der Waals surface area (Å²) >= 11 is 0. The van der Waals surface area contributed by atoms with E-state index in [9.17, 15) is 14.4 Å². The summed E-state index contributed by atoms with van der Waals surface area (Å²) in [6.07, 6.45) is -1.79. The van der Waals surface area contributed by atoms with E-state index in [0.717, 1.165) is 5.56 Å². The molecule has 0 aromatic heterocycles. The Kier molecular flexibility index (Phi) is 6.59. The van der Waals surface area contributed by atoms with Crippen LogP contribution in [0.5, 0.6) is 0 Å². The molecule has 0 bridgehead atoms. The second-order valence-electron chi connectivity index (χ2n) is 6.61. The van der Waals surface area contributed by atoms with Gasteiger partial charge in [-0.1, -0.05) is 37.3 Å². The van der Waals surface area contributed by atoms with E-state index in [0.29, 0.717) is 0 Å². The summed E-state index contributed by atoms with van der Waals surface area (Å²) < 4.78 is 29.2. The number of hydrogen-bond donors (Lipinski definition) is 2. The van der Waals surface area contributed by atoms with E-state index < -0.39 is 13.7 Å². The summed E-state index contributed by atoms with van der Waals surface area (Å²) in [6.45, 7) is 5.63. The molecule has 1 fully saturated rings. The topological polar surface area (TPSA) is 85.2 Å². The molecule has 2 N–H and O–H groups in total. The maximum Gasteiger partial charge on any atom is 0.325 e. The number of hydrogen-bond acceptors (Lipinski definition) is 4. The van der Waals surface area contributed by atoms with Crippen molar-refractivity contribution >= 4 is 7.60 Å². The Bertz CT molecular complexity index is 557. The molecular weight excluding hydrogens is 331 g/mol. The third-order valence-electron chi connectivity index (χ3n) is 4.17. The zero-order valence-corrected chi connectivity index (χ0v) is 15.4. The Hall–Kier alpha value is -0.750. The molecular formula is C17H27O6P. The minimum Gasteiger partial charge on any atom is -0.376 e. The zero-order valence-electron chi connectivity index (χ0n) is 14.5. The SMILES string of the molecule is CO[C@@H]1[C@H](OC(C)C)[C@@H](C(C)CP(=O)(O)O)O[C@H]1c1ccccc1. The van der Waals surface area contributed by atoms with Crippen molar-refractivity contribution in [3.63, 3.8) is 0 Å². The molecule has 6 nitrogen and oxygen atoms in total. The Morgan fingerprint density at radius 1 is 1.17 bits per heavy atom. The Morgan fingerprint density at radius 3 is 2.29 bits per heavy atom. The van der Waals surface area contributed by atoms with Gasteiger partial charge in [0, 0.05) is 7.11 Å². The first-order valence-electron chi connectivity index (χ1n) is 8.16. The van der Waals surface area contributed by atoms with Crippen molar-refractivity contribution in [2.45, 2.75) is 51.3 Å². The lowest BCUT2D eigenvalue weighted by atomic mass is 9.96. The summed E-state index contributed by atoms with van der Waals surface area (Å²) in [5, 5.41) is 0. The predicted octanol–water partition coefficient (Wildman–Crippen LogP) is 2.75. The second kappa shape index (κ2) is 8.09. The number of methoxy groups -OCH3 is 1. The van der Waals surface area contributed by atoms with Crippen LogP contribution in [0.15, 0.2) is 30.3 Å². The van der Waals surface area contributed by atoms with Crippen LogP contribution in [0, 0.1) is 5.92 Å². The van der Waals surface area contributed by atoms with E-state index in [1.54, 1.807) is 14.0 Å². The molecule has 0 aliphatic carbocycles. The fourth-order valence-electron chi connectivity index (χ4n) is 3.26. The highest BCUT2D eigenvalue weighted by Crippen LogP contribution is 2.44. The molecule has 136 valence electrons. The quantitative estimate of drug-likeness (QED) is 0.729. The van der Waals surface area contributed by atoms with Crippen molar-refractivity contribution in [3.05, 3.63) is 35.9 Å². The first kappa shape index (κ1) is 19.6. The maximum absolute atomic E-state index is 11.4. The van der Waals surface area contributed by atoms with Crippen molar-refractivity contribution in [2.75, 3.05) is 13.3 Å². The lowest BCUT2D eigenvalue weighted by Gasteiger charge is -2.28. The molecule has 1 aromatic rings. The average Bonchev–Trinajstić information content (AvgIpc) is 2.84. The number of benzene rings is 1. The van der Waals surface area contributed by atoms with E-state index in [-0.39, 0.29) is 36.5 Å². The fourth-order valence-corrected chi connectivity index (χ4v) is 4.22. The fraction of sp³-hybridized carbons (Fsp3) is 0.647. The molecule has 1 saturated heterocycles. The third-order valence-corrected chi connectivity index (χ3v) is 5.22. The van der Waals surface area contributed by atoms with Crippen LogP contribution in [-0.4, -0.2) is 47.5 Å². The van der Waals surface area contributed by atoms with Crippen LogP contribution in [0.2, 0.25) is 0 Å². The molecule has 0 spiro atoms. The van der Waals surface area contributed by atoms with E-state index in [1.165, 1.54) is 0 Å². The number of ether oxygens (including phenoxy) is 3. The summed E-state index contributed by atoms with van der Waals surface area (Å²) in [7, 11) is -2.52. The molecule has 24 heavy (non-hydrogen) atoms. The summed E-state index contributed by atoms with van der Waals surface area (Å²) in [5.41, 5.74) is 0.965. The van der Waals surface area contributed by atoms with Gasteiger partial charge >= 0.3 is 7.60 Å². The molecule has 1 aliphatic heterocycles. The Balaban J connectivity index is 2.29. The Morgan fingerprint density at radius 2 is 1.79 bits per heavy atom. The smallest absolute Gasteiger partial charge is 0.325 e. The molecule has 0 radical (unpaired) electrons. The minimum atomic E-state index is -4.13. The molecule has 5 atom stereocenters. The summed E-state index contributed by atoms with van der Waals surface area (Å²) in [6, 6.07) is 9.70. The number of rotatable bonds is 7. The van der Waals surface area contributed by atoms with Gasteiger partial charge in [-0.05, 0) is 25.3 Å². The van der Waals surface area contributed by atoms with Crippen LogP contribution in [0.4, 0.5) is 0 Å². The first-order valence-corrected chi connectivity index (χ1v) is 9.96. The molecule has 1 unspecified atom stereocenters. The van der Waals surface area contributed by atoms with Gasteiger partial charge in [0.25, 0.3) is 0 Å². The van der Waals surface area contributed by atoms with Crippen molar-refractivity contribution in [1.82, 2.24) is 0 Å². The maximum atomic E-state index is 11.4. The largest absolute Gasteiger partial charge is 0.376 e. The standard InChI is InChI=1S/C17H27O6P/c1-11(2)22-17-14(12(3)10-24(18,19)20)23-15(16(17)21-4)13-8-6-5-7-9-13/h5-9,11-12,14-17H,10H2,1-4H3,(H2,18,19,20)/t12?,14-,15+,16+,17-/m1/s1. The van der Waals surface area contributed by atoms with Gasteiger partial charge in [0.05, 0.1) is 18.4 Å². The van der Waals surface area contributed by atoms with Crippen LogP contribution < -0.4 is 0 Å². The molecule has 1 aliphatic rings. The van der Waals surface area contributed by atoms with Crippen molar-refractivity contribution in [1.29, 1.82) is 0 Å². The van der Waals surface area contributed by atoms with Crippen LogP contribution in [-0.2, 0) is 18.8 Å². The van der Waals surface area contributed by atoms with E-state index in [4.69, 9.17) is 14.2 Å². The third kappa shape index (κ3) is 4.88. The van der Waals surface area contributed by atoms with Crippen LogP contribution in [0.25, 0.3) is 0 Å². The zero-order chi connectivity index (χ0) is 17.9. The Labute approximate surface area is 143 Å². The lowest BCUT2D eigenvalue weighted by molar-refractivity contribution is -0.0843. The second-order valence-corrected chi connectivity index (χ2v) is 8.30. The summed E-state index contributed by atoms with van der Waals surface area (Å²) in [5.74, 6) is -0.360. The predicted molar refractivity (Wildman–Crippen MR) is 90.9 cm³/mol. The van der Waals surface area contributed by atoms with Gasteiger partial charge < -0.3 is 24.0 Å². The van der Waals surface area contributed by atoms with Crippen LogP contribution in [0.3, 0.4) is 0 Å². The molecule has 1 heterocycles. The van der Waals surface area contributed by atoms with Gasteiger partial charge in [0.2, 0.25) is 0 Å². The van der Waals surface area contributed by atoms with Gasteiger partial charge in [-0.3, -0.25) is 4.57 Å². The highest BCUT2D eigenvalue weighted by Gasteiger charge is 2.49. The molecule has 0 saturated carbocycles. The van der Waals surface area contributed by atoms with Crippen molar-refractivity contribution in [2.24, 2.45) is 5.92 Å². The lowest BCUT2D eigenvalue weighted by Crippen LogP contribution is -2.40. The highest BCUT2D eigenvalue weighted by atomic mass is 31.2. The van der Waals surface area contributed by atoms with Gasteiger partial charge in [-0.25, -0.2) is 0 Å². The molecule has 2 rings (SSSR count). The van der Waals surface area contributed by atoms with Crippen molar-refractivity contribution in [3.8, 4) is 0 Å². The minimum absolute atomic E-state index is 0.0458. The van der Waals surface area contributed by atoms with Crippen molar-refractivity contribution < 1.29 is 28.6 Å². The molecule has 0 amide bonds. The highest BCUT2D eigenvalue weighted by molar-refractivity contribution is 7.51. The first-order chi connectivity index (χ1) is 11.2. The molecule has 1 aromatic carbocycles. The summed E-state index contributed by atoms with van der Waals surface area (Å²) in [4.78, 5) is 18.6. The van der Waals surface area contributed by atoms with Crippen LogP contribution >= 0.6 is 7.60 Å². The van der Waals surface area contributed by atoms with Gasteiger partial charge in [-0.15, -0.1) is 0 Å². The van der Waals surface area contributed by atoms with E-state index in [2.05, 4.69) is 0 Å². The monoisotopic (exact) mass is 358 g/mol. The van der Waals surface area contributed by atoms with E-state index >= 15 is 0 Å². The van der Waals surface area contributed by atoms with E-state index in [1.807, 2.05) is 44.2 Å². The van der Waals surface area contributed by atoms with Crippen LogP contribution in [0.1, 0.15) is 32.4 Å². The average molecular weight is 358 g/mol. The van der Waals surface area contributed by atoms with Gasteiger partial charge in [0.1, 0.15) is 18.3 Å². The van der Waals surface area contributed by atoms with Gasteiger partial charge in [0.15, 0.2) is 0 Å². The van der Waals surface area contributed by atoms with Gasteiger partial charge in [-0.2, -0.15) is 0 Å². The normalized spacial score (nSPS) is 29.1.